The Morgan fingerprint density at radius 3 is 2.73 bits per heavy atom. The topological polar surface area (TPSA) is 21.3 Å². The number of benzene rings is 3. The van der Waals surface area contributed by atoms with E-state index in [0.29, 0.717) is 0 Å². The van der Waals surface area contributed by atoms with Crippen LogP contribution >= 0.6 is 0 Å². The minimum Gasteiger partial charge on any atom is -0.480 e. The highest BCUT2D eigenvalue weighted by Crippen LogP contribution is 2.44. The van der Waals surface area contributed by atoms with Crippen LogP contribution in [0.4, 0.5) is 5.69 Å². The van der Waals surface area contributed by atoms with Crippen molar-refractivity contribution in [2.45, 2.75) is 12.1 Å². The molecule has 0 radical (unpaired) electrons. The van der Waals surface area contributed by atoms with E-state index in [1.165, 1.54) is 16.5 Å². The fraction of sp³-hybridized carbons (Fsp3) is 0.100. The zero-order chi connectivity index (χ0) is 14.5. The van der Waals surface area contributed by atoms with Crippen molar-refractivity contribution in [2.75, 3.05) is 5.32 Å². The molecule has 1 aliphatic carbocycles. The van der Waals surface area contributed by atoms with Crippen molar-refractivity contribution >= 4 is 22.5 Å². The summed E-state index contributed by atoms with van der Waals surface area (Å²) in [6, 6.07) is 21.3. The molecule has 0 saturated heterocycles. The molecular formula is C20H15NO. The summed E-state index contributed by atoms with van der Waals surface area (Å²) >= 11 is 0. The van der Waals surface area contributed by atoms with Crippen molar-refractivity contribution in [2.24, 2.45) is 0 Å². The summed E-state index contributed by atoms with van der Waals surface area (Å²) in [5.41, 5.74) is 3.57. The second-order valence-corrected chi connectivity index (χ2v) is 5.86. The lowest BCUT2D eigenvalue weighted by Gasteiger charge is -2.37. The summed E-state index contributed by atoms with van der Waals surface area (Å²) < 4.78 is 6.46. The summed E-state index contributed by atoms with van der Waals surface area (Å²) in [6.07, 6.45) is 4.41. The molecule has 2 atom stereocenters. The largest absolute Gasteiger partial charge is 0.480 e. The quantitative estimate of drug-likeness (QED) is 0.641. The van der Waals surface area contributed by atoms with Crippen LogP contribution in [0, 0.1) is 0 Å². The molecule has 1 N–H and O–H groups in total. The Kier molecular flexibility index (Phi) is 2.36. The Morgan fingerprint density at radius 2 is 1.73 bits per heavy atom. The molecule has 0 fully saturated rings. The van der Waals surface area contributed by atoms with Gasteiger partial charge in [0.25, 0.3) is 0 Å². The van der Waals surface area contributed by atoms with Crippen LogP contribution in [0.15, 0.2) is 66.7 Å². The van der Waals surface area contributed by atoms with E-state index in [1.807, 2.05) is 0 Å². The molecule has 22 heavy (non-hydrogen) atoms. The lowest BCUT2D eigenvalue weighted by atomic mass is 9.89. The first kappa shape index (κ1) is 11.9. The Hall–Kier alpha value is -2.74. The SMILES string of the molecule is C1=CC2Nc3ccc4ccccc4c3OC2c2ccccc21. The highest BCUT2D eigenvalue weighted by Gasteiger charge is 2.33. The maximum absolute atomic E-state index is 6.46. The van der Waals surface area contributed by atoms with Crippen LogP contribution in [0.3, 0.4) is 0 Å². The molecule has 0 spiro atoms. The van der Waals surface area contributed by atoms with Crippen molar-refractivity contribution in [3.8, 4) is 5.75 Å². The highest BCUT2D eigenvalue weighted by atomic mass is 16.5. The van der Waals surface area contributed by atoms with Crippen LogP contribution in [0.5, 0.6) is 5.75 Å². The number of hydrogen-bond acceptors (Lipinski definition) is 2. The van der Waals surface area contributed by atoms with Crippen LogP contribution < -0.4 is 10.1 Å². The summed E-state index contributed by atoms with van der Waals surface area (Å²) in [7, 11) is 0. The van der Waals surface area contributed by atoms with Gasteiger partial charge in [-0.3, -0.25) is 0 Å². The molecule has 2 heteroatoms. The predicted octanol–water partition coefficient (Wildman–Crippen LogP) is 4.78. The average Bonchev–Trinajstić information content (AvgIpc) is 2.60. The fourth-order valence-corrected chi connectivity index (χ4v) is 3.47. The molecule has 3 aromatic carbocycles. The molecule has 2 aliphatic rings. The Balaban J connectivity index is 1.70. The van der Waals surface area contributed by atoms with Gasteiger partial charge in [0, 0.05) is 10.9 Å². The molecule has 5 rings (SSSR count). The summed E-state index contributed by atoms with van der Waals surface area (Å²) in [5, 5.41) is 5.99. The second kappa shape index (κ2) is 4.38. The van der Waals surface area contributed by atoms with E-state index in [1.54, 1.807) is 0 Å². The monoisotopic (exact) mass is 285 g/mol. The fourth-order valence-electron chi connectivity index (χ4n) is 3.47. The summed E-state index contributed by atoms with van der Waals surface area (Å²) in [5.74, 6) is 0.962. The first-order valence-electron chi connectivity index (χ1n) is 7.62. The Morgan fingerprint density at radius 1 is 0.864 bits per heavy atom. The summed E-state index contributed by atoms with van der Waals surface area (Å²) in [6.45, 7) is 0. The normalized spacial score (nSPS) is 21.3. The molecule has 0 bridgehead atoms. The minimum atomic E-state index is 0.0273. The number of anilines is 1. The molecule has 2 nitrogen and oxygen atoms in total. The third-order valence-corrected chi connectivity index (χ3v) is 4.56. The lowest BCUT2D eigenvalue weighted by molar-refractivity contribution is 0.188. The zero-order valence-corrected chi connectivity index (χ0v) is 12.0. The highest BCUT2D eigenvalue weighted by molar-refractivity contribution is 5.94. The third kappa shape index (κ3) is 1.61. The maximum Gasteiger partial charge on any atom is 0.151 e. The van der Waals surface area contributed by atoms with Gasteiger partial charge in [-0.05, 0) is 17.0 Å². The van der Waals surface area contributed by atoms with Gasteiger partial charge < -0.3 is 10.1 Å². The third-order valence-electron chi connectivity index (χ3n) is 4.56. The van der Waals surface area contributed by atoms with Gasteiger partial charge in [0.05, 0.1) is 11.7 Å². The van der Waals surface area contributed by atoms with Gasteiger partial charge in [-0.1, -0.05) is 66.7 Å². The van der Waals surface area contributed by atoms with E-state index >= 15 is 0 Å². The molecule has 0 saturated carbocycles. The van der Waals surface area contributed by atoms with Crippen LogP contribution in [-0.4, -0.2) is 6.04 Å². The molecule has 1 heterocycles. The molecule has 106 valence electrons. The molecule has 1 aliphatic heterocycles. The van der Waals surface area contributed by atoms with Crippen LogP contribution in [0.1, 0.15) is 17.2 Å². The van der Waals surface area contributed by atoms with E-state index in [9.17, 15) is 0 Å². The maximum atomic E-state index is 6.46. The number of ether oxygens (including phenoxy) is 1. The van der Waals surface area contributed by atoms with Gasteiger partial charge in [-0.15, -0.1) is 0 Å². The number of hydrogen-bond donors (Lipinski definition) is 1. The standard InChI is InChI=1S/C20H15NO/c1-3-7-15-13(5-1)9-11-17-19(15)22-20-16-8-4-2-6-14(16)10-12-18(20)21-17/h1-12,17,19,21H. The lowest BCUT2D eigenvalue weighted by Crippen LogP contribution is -2.35. The van der Waals surface area contributed by atoms with Gasteiger partial charge in [0.15, 0.2) is 5.75 Å². The van der Waals surface area contributed by atoms with E-state index in [-0.39, 0.29) is 12.1 Å². The molecule has 0 aromatic heterocycles. The minimum absolute atomic E-state index is 0.0273. The van der Waals surface area contributed by atoms with Gasteiger partial charge in [-0.25, -0.2) is 0 Å². The first-order valence-corrected chi connectivity index (χ1v) is 7.62. The van der Waals surface area contributed by atoms with Crippen LogP contribution in [-0.2, 0) is 0 Å². The Labute approximate surface area is 129 Å². The summed E-state index contributed by atoms with van der Waals surface area (Å²) in [4.78, 5) is 0. The second-order valence-electron chi connectivity index (χ2n) is 5.86. The van der Waals surface area contributed by atoms with Gasteiger partial charge >= 0.3 is 0 Å². The van der Waals surface area contributed by atoms with E-state index < -0.39 is 0 Å². The van der Waals surface area contributed by atoms with Crippen molar-refractivity contribution in [3.05, 3.63) is 77.9 Å². The van der Waals surface area contributed by atoms with E-state index in [2.05, 4.69) is 78.1 Å². The first-order chi connectivity index (χ1) is 10.9. The van der Waals surface area contributed by atoms with Gasteiger partial charge in [0.1, 0.15) is 6.10 Å². The van der Waals surface area contributed by atoms with E-state index in [0.717, 1.165) is 16.8 Å². The van der Waals surface area contributed by atoms with Gasteiger partial charge in [0.2, 0.25) is 0 Å². The van der Waals surface area contributed by atoms with E-state index in [4.69, 9.17) is 4.74 Å². The predicted molar refractivity (Wildman–Crippen MR) is 90.2 cm³/mol. The number of rotatable bonds is 0. The number of nitrogens with one attached hydrogen (secondary N) is 1. The zero-order valence-electron chi connectivity index (χ0n) is 12.0. The van der Waals surface area contributed by atoms with Crippen molar-refractivity contribution in [1.82, 2.24) is 0 Å². The van der Waals surface area contributed by atoms with Crippen molar-refractivity contribution in [3.63, 3.8) is 0 Å². The van der Waals surface area contributed by atoms with Crippen molar-refractivity contribution < 1.29 is 4.74 Å². The van der Waals surface area contributed by atoms with Crippen LogP contribution in [0.2, 0.25) is 0 Å². The molecule has 2 unspecified atom stereocenters. The Bertz CT molecular complexity index is 912. The average molecular weight is 285 g/mol. The van der Waals surface area contributed by atoms with Gasteiger partial charge in [-0.2, -0.15) is 0 Å². The smallest absolute Gasteiger partial charge is 0.151 e. The molecule has 0 amide bonds. The number of fused-ring (bicyclic) bond motifs is 6. The molecular weight excluding hydrogens is 270 g/mol. The van der Waals surface area contributed by atoms with Crippen LogP contribution in [0.25, 0.3) is 16.8 Å². The van der Waals surface area contributed by atoms with Crippen molar-refractivity contribution in [1.29, 1.82) is 0 Å². The molecule has 3 aromatic rings.